The zero-order chi connectivity index (χ0) is 11.8. The van der Waals surface area contributed by atoms with E-state index in [0.717, 1.165) is 0 Å². The van der Waals surface area contributed by atoms with Gasteiger partial charge in [-0.2, -0.15) is 0 Å². The van der Waals surface area contributed by atoms with Gasteiger partial charge in [0, 0.05) is 0 Å². The zero-order valence-corrected chi connectivity index (χ0v) is 16.3. The van der Waals surface area contributed by atoms with Crippen molar-refractivity contribution in [2.75, 3.05) is 0 Å². The van der Waals surface area contributed by atoms with Crippen LogP contribution in [-0.2, 0) is 0 Å². The van der Waals surface area contributed by atoms with Gasteiger partial charge in [0.05, 0.1) is 0 Å². The van der Waals surface area contributed by atoms with Crippen molar-refractivity contribution < 1.29 is 0 Å². The molecular formula is C9H28N2Si2Sn. The van der Waals surface area contributed by atoms with Gasteiger partial charge in [-0.15, -0.1) is 0 Å². The van der Waals surface area contributed by atoms with E-state index in [1.54, 1.807) is 0 Å². The second-order valence-electron chi connectivity index (χ2n) is 7.04. The molecule has 0 fully saturated rings. The molecule has 0 aliphatic carbocycles. The third kappa shape index (κ3) is 5.89. The van der Waals surface area contributed by atoms with Crippen molar-refractivity contribution in [3.63, 3.8) is 0 Å². The molecule has 0 unspecified atom stereocenters. The van der Waals surface area contributed by atoms with Crippen molar-refractivity contribution in [3.8, 4) is 0 Å². The fraction of sp³-hybridized carbons (Fsp3) is 1.00. The molecule has 0 aliphatic rings. The van der Waals surface area contributed by atoms with E-state index in [4.69, 9.17) is 0 Å². The van der Waals surface area contributed by atoms with Crippen molar-refractivity contribution in [2.45, 2.75) is 54.1 Å². The van der Waals surface area contributed by atoms with Gasteiger partial charge in [-0.25, -0.2) is 0 Å². The number of hydrazine groups is 1. The number of hydrogen-bond donors (Lipinski definition) is 1. The van der Waals surface area contributed by atoms with E-state index in [-0.39, 0.29) is 0 Å². The summed E-state index contributed by atoms with van der Waals surface area (Å²) in [5, 5.41) is 3.86. The van der Waals surface area contributed by atoms with E-state index >= 15 is 0 Å². The first kappa shape index (κ1) is 15.2. The van der Waals surface area contributed by atoms with Gasteiger partial charge < -0.3 is 0 Å². The first-order chi connectivity index (χ1) is 5.84. The van der Waals surface area contributed by atoms with Crippen LogP contribution in [0.5, 0.6) is 0 Å². The molecule has 86 valence electrons. The van der Waals surface area contributed by atoms with Gasteiger partial charge in [0.2, 0.25) is 0 Å². The fourth-order valence-electron chi connectivity index (χ4n) is 1.68. The first-order valence-electron chi connectivity index (χ1n) is 5.42. The Kier molecular flexibility index (Phi) is 4.94. The molecule has 0 heterocycles. The van der Waals surface area contributed by atoms with E-state index < -0.39 is 35.1 Å². The minimum absolute atomic E-state index is 1.18. The van der Waals surface area contributed by atoms with Crippen LogP contribution < -0.4 is 5.09 Å². The summed E-state index contributed by atoms with van der Waals surface area (Å²) < 4.78 is 2.74. The fourth-order valence-corrected chi connectivity index (χ4v) is 30.0. The molecule has 2 nitrogen and oxygen atoms in total. The molecule has 0 saturated heterocycles. The summed E-state index contributed by atoms with van der Waals surface area (Å²) in [6.07, 6.45) is 0. The van der Waals surface area contributed by atoms with Crippen LogP contribution in [0.2, 0.25) is 54.1 Å². The molecule has 0 bridgehead atoms. The van der Waals surface area contributed by atoms with Crippen molar-refractivity contribution in [1.29, 1.82) is 0 Å². The Bertz CT molecular complexity index is 174. The predicted molar refractivity (Wildman–Crippen MR) is 75.0 cm³/mol. The van der Waals surface area contributed by atoms with Gasteiger partial charge in [-0.3, -0.25) is 0 Å². The van der Waals surface area contributed by atoms with E-state index in [2.05, 4.69) is 62.1 Å². The van der Waals surface area contributed by atoms with E-state index in [0.29, 0.717) is 0 Å². The zero-order valence-electron chi connectivity index (χ0n) is 11.4. The Morgan fingerprint density at radius 2 is 1.21 bits per heavy atom. The van der Waals surface area contributed by atoms with E-state index in [1.165, 1.54) is 0 Å². The summed E-state index contributed by atoms with van der Waals surface area (Å²) in [5.41, 5.74) is 0. The van der Waals surface area contributed by atoms with Gasteiger partial charge in [0.25, 0.3) is 0 Å². The van der Waals surface area contributed by atoms with Crippen LogP contribution in [-0.4, -0.2) is 38.0 Å². The summed E-state index contributed by atoms with van der Waals surface area (Å²) in [4.78, 5) is 7.50. The Labute approximate surface area is 96.8 Å². The third-order valence-electron chi connectivity index (χ3n) is 1.79. The van der Waals surface area contributed by atoms with Crippen molar-refractivity contribution in [2.24, 2.45) is 0 Å². The molecule has 0 atom stereocenters. The normalized spacial score (nSPS) is 15.0. The Morgan fingerprint density at radius 3 is 1.29 bits per heavy atom. The molecule has 0 aliphatic heterocycles. The monoisotopic (exact) mass is 340 g/mol. The molecule has 0 spiro atoms. The first-order valence-corrected chi connectivity index (χ1v) is 22.2. The maximum absolute atomic E-state index is 3.86. The quantitative estimate of drug-likeness (QED) is 0.625. The Hall–Kier alpha value is 1.15. The maximum atomic E-state index is 3.86. The Balaban J connectivity index is 4.78. The molecule has 0 saturated carbocycles. The number of rotatable bonds is 4. The van der Waals surface area contributed by atoms with Crippen LogP contribution in [0.25, 0.3) is 0 Å². The van der Waals surface area contributed by atoms with Crippen LogP contribution in [0.4, 0.5) is 0 Å². The second kappa shape index (κ2) is 4.57. The van der Waals surface area contributed by atoms with Crippen LogP contribution in [0.1, 0.15) is 0 Å². The van der Waals surface area contributed by atoms with E-state index in [1.807, 2.05) is 0 Å². The molecule has 0 radical (unpaired) electrons. The Morgan fingerprint density at radius 1 is 0.857 bits per heavy atom. The van der Waals surface area contributed by atoms with Crippen molar-refractivity contribution >= 4 is 35.1 Å². The predicted octanol–water partition coefficient (Wildman–Crippen LogP) is 3.30. The number of nitrogens with one attached hydrogen (secondary N) is 1. The number of nitrogens with zero attached hydrogens (tertiary/aromatic N) is 1. The standard InChI is InChI=1S/C6H19N2Si2.3CH3.Sn/c1-9(2,3)7-8-10(4,5)6;;;;/h7H,1-6H3;3*1H3;/q-1;;;;+1. The summed E-state index contributed by atoms with van der Waals surface area (Å²) in [6.45, 7) is 14.5. The van der Waals surface area contributed by atoms with Gasteiger partial charge in [0.1, 0.15) is 0 Å². The van der Waals surface area contributed by atoms with Gasteiger partial charge in [-0.05, 0) is 0 Å². The van der Waals surface area contributed by atoms with Crippen LogP contribution in [0.3, 0.4) is 0 Å². The van der Waals surface area contributed by atoms with Crippen LogP contribution in [0, 0.1) is 0 Å². The SMILES string of the molecule is C[Si](C)(C)N[N]([Si](C)(C)C)[Sn]([CH3])([CH3])[CH3]. The second-order valence-corrected chi connectivity index (χ2v) is 31.5. The molecule has 0 aromatic carbocycles. The molecule has 5 heteroatoms. The molecular weight excluding hydrogens is 311 g/mol. The van der Waals surface area contributed by atoms with Crippen molar-refractivity contribution in [1.82, 2.24) is 7.99 Å². The third-order valence-corrected chi connectivity index (χ3v) is 19.4. The molecule has 0 amide bonds. The summed E-state index contributed by atoms with van der Waals surface area (Å²) in [5.74, 6) is 0. The topological polar surface area (TPSA) is 15.3 Å². The summed E-state index contributed by atoms with van der Waals surface area (Å²) in [6, 6.07) is 0. The molecule has 0 aromatic heterocycles. The molecule has 14 heavy (non-hydrogen) atoms. The van der Waals surface area contributed by atoms with Gasteiger partial charge >= 0.3 is 97.2 Å². The van der Waals surface area contributed by atoms with Gasteiger partial charge in [-0.1, -0.05) is 0 Å². The average molecular weight is 339 g/mol. The van der Waals surface area contributed by atoms with Gasteiger partial charge in [0.15, 0.2) is 0 Å². The summed E-state index contributed by atoms with van der Waals surface area (Å²) in [7, 11) is -2.36. The summed E-state index contributed by atoms with van der Waals surface area (Å²) >= 11 is -1.95. The average Bonchev–Trinajstić information content (AvgIpc) is 1.75. The molecule has 1 N–H and O–H groups in total. The molecule has 0 rings (SSSR count). The van der Waals surface area contributed by atoms with Crippen LogP contribution in [0.15, 0.2) is 0 Å². The minimum atomic E-state index is -1.95. The van der Waals surface area contributed by atoms with Crippen LogP contribution >= 0.6 is 0 Å². The van der Waals surface area contributed by atoms with Crippen molar-refractivity contribution in [3.05, 3.63) is 0 Å². The van der Waals surface area contributed by atoms with E-state index in [9.17, 15) is 0 Å². The molecule has 0 aromatic rings. The number of hydrogen-bond acceptors (Lipinski definition) is 2.